The number of carbonyl (C=O) groups excluding carboxylic acids is 3. The Morgan fingerprint density at radius 3 is 2.34 bits per heavy atom. The summed E-state index contributed by atoms with van der Waals surface area (Å²) in [7, 11) is 0. The molecule has 4 aromatic carbocycles. The molecular weight excluding hydrogens is 562 g/mol. The summed E-state index contributed by atoms with van der Waals surface area (Å²) in [6.07, 6.45) is 1.56. The molecule has 0 unspecified atom stereocenters. The van der Waals surface area contributed by atoms with Crippen molar-refractivity contribution in [3.63, 3.8) is 0 Å². The van der Waals surface area contributed by atoms with Gasteiger partial charge in [0.1, 0.15) is 5.70 Å². The van der Waals surface area contributed by atoms with E-state index in [4.69, 9.17) is 21.1 Å². The minimum Gasteiger partial charge on any atom is -0.454 e. The number of amides is 3. The third-order valence-electron chi connectivity index (χ3n) is 5.83. The van der Waals surface area contributed by atoms with Crippen molar-refractivity contribution in [1.29, 1.82) is 0 Å². The number of carbonyl (C=O) groups is 3. The molecule has 1 aliphatic heterocycles. The first-order chi connectivity index (χ1) is 19.9. The molecule has 0 aromatic heterocycles. The van der Waals surface area contributed by atoms with Gasteiger partial charge < -0.3 is 25.4 Å². The molecule has 41 heavy (non-hydrogen) atoms. The van der Waals surface area contributed by atoms with Gasteiger partial charge in [-0.15, -0.1) is 11.8 Å². The van der Waals surface area contributed by atoms with Gasteiger partial charge >= 0.3 is 0 Å². The molecule has 1 heterocycles. The van der Waals surface area contributed by atoms with Crippen LogP contribution in [0.4, 0.5) is 11.4 Å². The Morgan fingerprint density at radius 2 is 1.56 bits per heavy atom. The number of rotatable bonds is 9. The summed E-state index contributed by atoms with van der Waals surface area (Å²) >= 11 is 7.46. The summed E-state index contributed by atoms with van der Waals surface area (Å²) in [5, 5.41) is 8.86. The SMILES string of the molecule is O=C(CSc1ccc(NC(=O)/C(=C/c2cccc(Cl)c2)NC(=O)c2ccccc2)cc1)Nc1ccc2c(c1)OCO2. The number of thioether (sulfide) groups is 1. The van der Waals surface area contributed by atoms with E-state index in [1.165, 1.54) is 11.8 Å². The summed E-state index contributed by atoms with van der Waals surface area (Å²) in [6.45, 7) is 0.168. The van der Waals surface area contributed by atoms with Crippen molar-refractivity contribution in [2.75, 3.05) is 23.2 Å². The molecule has 0 spiro atoms. The maximum atomic E-state index is 13.2. The summed E-state index contributed by atoms with van der Waals surface area (Å²) in [4.78, 5) is 39.3. The fourth-order valence-electron chi connectivity index (χ4n) is 3.86. The molecule has 5 rings (SSSR count). The van der Waals surface area contributed by atoms with E-state index < -0.39 is 11.8 Å². The van der Waals surface area contributed by atoms with Crippen LogP contribution in [-0.4, -0.2) is 30.3 Å². The fourth-order valence-corrected chi connectivity index (χ4v) is 4.76. The molecule has 8 nitrogen and oxygen atoms in total. The average molecular weight is 586 g/mol. The van der Waals surface area contributed by atoms with Gasteiger partial charge in [0.15, 0.2) is 11.5 Å². The highest BCUT2D eigenvalue weighted by molar-refractivity contribution is 8.00. The van der Waals surface area contributed by atoms with Crippen molar-refractivity contribution < 1.29 is 23.9 Å². The van der Waals surface area contributed by atoms with Gasteiger partial charge in [-0.2, -0.15) is 0 Å². The van der Waals surface area contributed by atoms with Crippen LogP contribution in [0, 0.1) is 0 Å². The summed E-state index contributed by atoms with van der Waals surface area (Å²) in [6, 6.07) is 27.9. The zero-order chi connectivity index (χ0) is 28.6. The Labute approximate surface area is 245 Å². The van der Waals surface area contributed by atoms with Crippen molar-refractivity contribution in [3.05, 3.63) is 119 Å². The quantitative estimate of drug-likeness (QED) is 0.159. The second-order valence-electron chi connectivity index (χ2n) is 8.82. The van der Waals surface area contributed by atoms with Crippen LogP contribution in [0.2, 0.25) is 5.02 Å². The summed E-state index contributed by atoms with van der Waals surface area (Å²) in [5.74, 6) is 0.348. The molecule has 0 fully saturated rings. The van der Waals surface area contributed by atoms with Gasteiger partial charge in [0.2, 0.25) is 12.7 Å². The topological polar surface area (TPSA) is 106 Å². The van der Waals surface area contributed by atoms with Crippen LogP contribution >= 0.6 is 23.4 Å². The van der Waals surface area contributed by atoms with Crippen LogP contribution in [-0.2, 0) is 9.59 Å². The normalized spacial score (nSPS) is 12.0. The Bertz CT molecular complexity index is 1610. The van der Waals surface area contributed by atoms with Crippen molar-refractivity contribution >= 4 is 58.5 Å². The second-order valence-corrected chi connectivity index (χ2v) is 10.3. The standard InChI is InChI=1S/C31H24ClN3O5S/c32-22-8-4-5-20(15-22)16-26(35-30(37)21-6-2-1-3-7-21)31(38)34-23-9-12-25(13-10-23)41-18-29(36)33-24-11-14-27-28(17-24)40-19-39-27/h1-17H,18-19H2,(H,33,36)(H,34,38)(H,35,37)/b26-16-. The molecule has 1 aliphatic rings. The minimum atomic E-state index is -0.502. The number of hydrogen-bond donors (Lipinski definition) is 3. The molecular formula is C31H24ClN3O5S. The zero-order valence-electron chi connectivity index (χ0n) is 21.6. The number of ether oxygens (including phenoxy) is 2. The first-order valence-electron chi connectivity index (χ1n) is 12.5. The van der Waals surface area contributed by atoms with E-state index in [0.717, 1.165) is 4.90 Å². The van der Waals surface area contributed by atoms with E-state index in [0.29, 0.717) is 39.0 Å². The lowest BCUT2D eigenvalue weighted by Crippen LogP contribution is -2.30. The molecule has 0 aliphatic carbocycles. The maximum absolute atomic E-state index is 13.2. The average Bonchev–Trinajstić information content (AvgIpc) is 3.45. The van der Waals surface area contributed by atoms with E-state index in [1.54, 1.807) is 103 Å². The molecule has 206 valence electrons. The van der Waals surface area contributed by atoms with Crippen LogP contribution in [0.5, 0.6) is 11.5 Å². The van der Waals surface area contributed by atoms with Gasteiger partial charge in [-0.1, -0.05) is 41.9 Å². The fraction of sp³-hybridized carbons (Fsp3) is 0.0645. The highest BCUT2D eigenvalue weighted by Crippen LogP contribution is 2.34. The van der Waals surface area contributed by atoms with Crippen LogP contribution < -0.4 is 25.4 Å². The summed E-state index contributed by atoms with van der Waals surface area (Å²) in [5.41, 5.74) is 2.27. The Balaban J connectivity index is 1.20. The van der Waals surface area contributed by atoms with Crippen molar-refractivity contribution in [2.45, 2.75) is 4.90 Å². The molecule has 10 heteroatoms. The van der Waals surface area contributed by atoms with Crippen LogP contribution in [0.15, 0.2) is 108 Å². The summed E-state index contributed by atoms with van der Waals surface area (Å²) < 4.78 is 10.6. The van der Waals surface area contributed by atoms with Gasteiger partial charge in [-0.25, -0.2) is 0 Å². The molecule has 0 saturated carbocycles. The molecule has 0 atom stereocenters. The molecule has 3 amide bonds. The van der Waals surface area contributed by atoms with E-state index in [2.05, 4.69) is 16.0 Å². The highest BCUT2D eigenvalue weighted by atomic mass is 35.5. The number of nitrogens with one attached hydrogen (secondary N) is 3. The number of halogens is 1. The number of anilines is 2. The molecule has 0 saturated heterocycles. The number of hydrogen-bond acceptors (Lipinski definition) is 6. The number of benzene rings is 4. The monoisotopic (exact) mass is 585 g/mol. The lowest BCUT2D eigenvalue weighted by atomic mass is 10.1. The maximum Gasteiger partial charge on any atom is 0.272 e. The predicted octanol–water partition coefficient (Wildman–Crippen LogP) is 6.21. The lowest BCUT2D eigenvalue weighted by Gasteiger charge is -2.12. The van der Waals surface area contributed by atoms with Crippen molar-refractivity contribution in [1.82, 2.24) is 5.32 Å². The highest BCUT2D eigenvalue weighted by Gasteiger charge is 2.16. The minimum absolute atomic E-state index is 0.0553. The Hall–Kier alpha value is -4.73. The van der Waals surface area contributed by atoms with Gasteiger partial charge in [-0.05, 0) is 72.3 Å². The van der Waals surface area contributed by atoms with Crippen molar-refractivity contribution in [3.8, 4) is 11.5 Å². The molecule has 3 N–H and O–H groups in total. The first-order valence-corrected chi connectivity index (χ1v) is 13.9. The van der Waals surface area contributed by atoms with E-state index in [1.807, 2.05) is 0 Å². The van der Waals surface area contributed by atoms with E-state index in [9.17, 15) is 14.4 Å². The van der Waals surface area contributed by atoms with Crippen LogP contribution in [0.25, 0.3) is 6.08 Å². The van der Waals surface area contributed by atoms with Crippen LogP contribution in [0.3, 0.4) is 0 Å². The molecule has 0 bridgehead atoms. The second kappa shape index (κ2) is 13.1. The lowest BCUT2D eigenvalue weighted by molar-refractivity contribution is -0.114. The van der Waals surface area contributed by atoms with Crippen LogP contribution in [0.1, 0.15) is 15.9 Å². The molecule has 0 radical (unpaired) electrons. The van der Waals surface area contributed by atoms with Gasteiger partial charge in [0, 0.05) is 32.9 Å². The number of fused-ring (bicyclic) bond motifs is 1. The van der Waals surface area contributed by atoms with Crippen molar-refractivity contribution in [2.24, 2.45) is 0 Å². The smallest absolute Gasteiger partial charge is 0.272 e. The first kappa shape index (κ1) is 27.8. The molecule has 4 aromatic rings. The zero-order valence-corrected chi connectivity index (χ0v) is 23.1. The Morgan fingerprint density at radius 1 is 0.805 bits per heavy atom. The predicted molar refractivity (Wildman–Crippen MR) is 160 cm³/mol. The third-order valence-corrected chi connectivity index (χ3v) is 7.07. The van der Waals surface area contributed by atoms with E-state index >= 15 is 0 Å². The van der Waals surface area contributed by atoms with E-state index in [-0.39, 0.29) is 24.2 Å². The van der Waals surface area contributed by atoms with Gasteiger partial charge in [-0.3, -0.25) is 14.4 Å². The largest absolute Gasteiger partial charge is 0.454 e. The Kier molecular flexibility index (Phi) is 8.88. The van der Waals surface area contributed by atoms with Gasteiger partial charge in [0.05, 0.1) is 5.75 Å². The third kappa shape index (κ3) is 7.69. The van der Waals surface area contributed by atoms with Gasteiger partial charge in [0.25, 0.3) is 11.8 Å².